The van der Waals surface area contributed by atoms with Crippen LogP contribution in [0.3, 0.4) is 0 Å². The largest absolute Gasteiger partial charge is 0.411 e. The topological polar surface area (TPSA) is 65.2 Å². The van der Waals surface area contributed by atoms with Gasteiger partial charge in [-0.05, 0) is 36.5 Å². The van der Waals surface area contributed by atoms with Crippen molar-refractivity contribution in [3.8, 4) is 0 Å². The summed E-state index contributed by atoms with van der Waals surface area (Å²) in [5.41, 5.74) is 2.17. The van der Waals surface area contributed by atoms with Crippen LogP contribution in [-0.4, -0.2) is 21.8 Å². The average molecular weight is 218 g/mol. The quantitative estimate of drug-likeness (QED) is 0.477. The first-order chi connectivity index (χ1) is 7.86. The second-order valence-corrected chi connectivity index (χ2v) is 6.26. The Labute approximate surface area is 93.0 Å². The van der Waals surface area contributed by atoms with Crippen LogP contribution < -0.4 is 0 Å². The SMILES string of the molecule is ON=C1[C@H]2C[C@H]3C(=NO)[C@@H]4C[C@H]1C1C2C3C14. The van der Waals surface area contributed by atoms with Crippen molar-refractivity contribution in [3.63, 3.8) is 0 Å². The molecule has 0 aromatic rings. The lowest BCUT2D eigenvalue weighted by molar-refractivity contribution is 0.0202. The first kappa shape index (κ1) is 8.09. The summed E-state index contributed by atoms with van der Waals surface area (Å²) in [7, 11) is 0. The molecule has 16 heavy (non-hydrogen) atoms. The number of nitrogens with zero attached hydrogens (tertiary/aromatic N) is 2. The van der Waals surface area contributed by atoms with E-state index in [0.29, 0.717) is 23.7 Å². The second-order valence-electron chi connectivity index (χ2n) is 6.26. The van der Waals surface area contributed by atoms with Gasteiger partial charge in [0.1, 0.15) is 0 Å². The molecular formula is C12H14N2O2. The minimum atomic E-state index is 0.504. The van der Waals surface area contributed by atoms with Gasteiger partial charge in [-0.1, -0.05) is 10.3 Å². The molecule has 5 saturated carbocycles. The van der Waals surface area contributed by atoms with Gasteiger partial charge in [-0.2, -0.15) is 0 Å². The third-order valence-corrected chi connectivity index (χ3v) is 6.40. The van der Waals surface area contributed by atoms with Crippen LogP contribution >= 0.6 is 0 Å². The smallest absolute Gasteiger partial charge is 0.0638 e. The lowest BCUT2D eigenvalue weighted by atomic mass is 9.60. The Morgan fingerprint density at radius 2 is 1.00 bits per heavy atom. The maximum Gasteiger partial charge on any atom is 0.0638 e. The molecule has 0 saturated heterocycles. The normalized spacial score (nSPS) is 62.8. The zero-order valence-electron chi connectivity index (χ0n) is 8.82. The van der Waals surface area contributed by atoms with Gasteiger partial charge in [0.15, 0.2) is 0 Å². The van der Waals surface area contributed by atoms with Gasteiger partial charge in [-0.3, -0.25) is 0 Å². The molecule has 0 heterocycles. The van der Waals surface area contributed by atoms with Crippen molar-refractivity contribution in [1.29, 1.82) is 0 Å². The summed E-state index contributed by atoms with van der Waals surface area (Å²) in [5, 5.41) is 25.6. The maximum atomic E-state index is 9.20. The zero-order valence-corrected chi connectivity index (χ0v) is 8.82. The van der Waals surface area contributed by atoms with Crippen LogP contribution in [0.2, 0.25) is 0 Å². The fraction of sp³-hybridized carbons (Fsp3) is 0.833. The number of oxime groups is 2. The molecule has 4 unspecified atom stereocenters. The molecule has 84 valence electrons. The Kier molecular flexibility index (Phi) is 1.09. The molecule has 0 amide bonds. The third-order valence-electron chi connectivity index (χ3n) is 6.40. The minimum absolute atomic E-state index is 0.504. The molecule has 0 aliphatic heterocycles. The molecule has 0 radical (unpaired) electrons. The van der Waals surface area contributed by atoms with Crippen LogP contribution in [-0.2, 0) is 0 Å². The lowest BCUT2D eigenvalue weighted by Crippen LogP contribution is -2.41. The number of hydrogen-bond donors (Lipinski definition) is 2. The standard InChI is InChI=1S/C12H14N2O2/c15-13-11-3-1-4-8-7(3)9-5(11)2-6(10(8)9)12(4)14-16/h3-10,15-16H,1-2H2/t3-,4+,5-,6+,7?,8?,9?,10?. The van der Waals surface area contributed by atoms with E-state index in [1.54, 1.807) is 0 Å². The van der Waals surface area contributed by atoms with Crippen LogP contribution in [0.5, 0.6) is 0 Å². The highest BCUT2D eigenvalue weighted by Gasteiger charge is 2.78. The molecule has 5 aliphatic carbocycles. The minimum Gasteiger partial charge on any atom is -0.411 e. The molecule has 8 atom stereocenters. The van der Waals surface area contributed by atoms with Gasteiger partial charge in [0.25, 0.3) is 0 Å². The Morgan fingerprint density at radius 3 is 1.25 bits per heavy atom. The van der Waals surface area contributed by atoms with E-state index in [4.69, 9.17) is 0 Å². The molecule has 0 aromatic heterocycles. The maximum absolute atomic E-state index is 9.20. The van der Waals surface area contributed by atoms with Crippen LogP contribution in [0.15, 0.2) is 10.3 Å². The van der Waals surface area contributed by atoms with E-state index in [1.807, 2.05) is 0 Å². The van der Waals surface area contributed by atoms with Crippen LogP contribution in [0, 0.1) is 47.3 Å². The average Bonchev–Trinajstić information content (AvgIpc) is 2.77. The van der Waals surface area contributed by atoms with E-state index in [9.17, 15) is 10.4 Å². The molecule has 0 aromatic carbocycles. The summed E-state index contributed by atoms with van der Waals surface area (Å²) < 4.78 is 0. The molecule has 0 spiro atoms. The van der Waals surface area contributed by atoms with Gasteiger partial charge in [0.2, 0.25) is 0 Å². The molecule has 2 N–H and O–H groups in total. The first-order valence-corrected chi connectivity index (χ1v) is 6.30. The predicted molar refractivity (Wildman–Crippen MR) is 55.6 cm³/mol. The van der Waals surface area contributed by atoms with Crippen molar-refractivity contribution < 1.29 is 10.4 Å². The summed E-state index contributed by atoms with van der Waals surface area (Å²) in [6, 6.07) is 0. The monoisotopic (exact) mass is 218 g/mol. The van der Waals surface area contributed by atoms with Crippen molar-refractivity contribution in [1.82, 2.24) is 0 Å². The molecular weight excluding hydrogens is 204 g/mol. The predicted octanol–water partition coefficient (Wildman–Crippen LogP) is 1.42. The Morgan fingerprint density at radius 1 is 0.688 bits per heavy atom. The van der Waals surface area contributed by atoms with E-state index in [2.05, 4.69) is 10.3 Å². The van der Waals surface area contributed by atoms with Gasteiger partial charge in [0.05, 0.1) is 11.4 Å². The van der Waals surface area contributed by atoms with Gasteiger partial charge >= 0.3 is 0 Å². The van der Waals surface area contributed by atoms with Crippen molar-refractivity contribution in [3.05, 3.63) is 0 Å². The molecule has 5 fully saturated rings. The van der Waals surface area contributed by atoms with E-state index in [1.165, 1.54) is 0 Å². The molecule has 4 nitrogen and oxygen atoms in total. The highest BCUT2D eigenvalue weighted by atomic mass is 16.4. The Balaban J connectivity index is 1.76. The molecule has 4 heteroatoms. The molecule has 0 bridgehead atoms. The zero-order chi connectivity index (χ0) is 10.6. The molecule has 5 aliphatic rings. The van der Waals surface area contributed by atoms with Crippen LogP contribution in [0.1, 0.15) is 12.8 Å². The van der Waals surface area contributed by atoms with Crippen molar-refractivity contribution in [2.24, 2.45) is 57.7 Å². The summed E-state index contributed by atoms with van der Waals surface area (Å²) in [6.07, 6.45) is 2.16. The summed E-state index contributed by atoms with van der Waals surface area (Å²) >= 11 is 0. The van der Waals surface area contributed by atoms with Gasteiger partial charge in [-0.15, -0.1) is 0 Å². The lowest BCUT2D eigenvalue weighted by Gasteiger charge is -2.43. The summed E-state index contributed by atoms with van der Waals surface area (Å²) in [4.78, 5) is 0. The molecule has 5 rings (SSSR count). The van der Waals surface area contributed by atoms with Crippen LogP contribution in [0.25, 0.3) is 0 Å². The van der Waals surface area contributed by atoms with Crippen LogP contribution in [0.4, 0.5) is 0 Å². The number of rotatable bonds is 0. The van der Waals surface area contributed by atoms with E-state index >= 15 is 0 Å². The number of hydrogen-bond acceptors (Lipinski definition) is 4. The van der Waals surface area contributed by atoms with Crippen molar-refractivity contribution in [2.45, 2.75) is 12.8 Å². The van der Waals surface area contributed by atoms with Gasteiger partial charge in [-0.25, -0.2) is 0 Å². The Bertz CT molecular complexity index is 376. The van der Waals surface area contributed by atoms with E-state index in [0.717, 1.165) is 47.9 Å². The Hall–Kier alpha value is -1.06. The fourth-order valence-corrected chi connectivity index (χ4v) is 6.32. The summed E-state index contributed by atoms with van der Waals surface area (Å²) in [5.74, 6) is 5.05. The summed E-state index contributed by atoms with van der Waals surface area (Å²) in [6.45, 7) is 0. The second kappa shape index (κ2) is 2.15. The van der Waals surface area contributed by atoms with E-state index < -0.39 is 0 Å². The highest BCUT2D eigenvalue weighted by molar-refractivity contribution is 6.01. The highest BCUT2D eigenvalue weighted by Crippen LogP contribution is 2.78. The van der Waals surface area contributed by atoms with Crippen molar-refractivity contribution >= 4 is 11.4 Å². The first-order valence-electron chi connectivity index (χ1n) is 6.30. The van der Waals surface area contributed by atoms with E-state index in [-0.39, 0.29) is 0 Å². The van der Waals surface area contributed by atoms with Gasteiger partial charge in [0, 0.05) is 23.7 Å². The third kappa shape index (κ3) is 0.531. The van der Waals surface area contributed by atoms with Gasteiger partial charge < -0.3 is 10.4 Å². The fourth-order valence-electron chi connectivity index (χ4n) is 6.32. The van der Waals surface area contributed by atoms with Crippen molar-refractivity contribution in [2.75, 3.05) is 0 Å².